The van der Waals surface area contributed by atoms with Crippen molar-refractivity contribution in [1.29, 1.82) is 5.26 Å². The zero-order chi connectivity index (χ0) is 19.0. The van der Waals surface area contributed by atoms with Crippen LogP contribution >= 0.6 is 11.3 Å². The van der Waals surface area contributed by atoms with Crippen molar-refractivity contribution in [3.05, 3.63) is 16.8 Å². The van der Waals surface area contributed by atoms with Gasteiger partial charge in [-0.3, -0.25) is 0 Å². The Morgan fingerprint density at radius 3 is 2.93 bits per heavy atom. The van der Waals surface area contributed by atoms with Gasteiger partial charge in [0.05, 0.1) is 11.5 Å². The summed E-state index contributed by atoms with van der Waals surface area (Å²) in [6, 6.07) is 2.30. The number of fused-ring (bicyclic) bond motifs is 3. The molecule has 0 spiro atoms. The molecule has 1 atom stereocenters. The van der Waals surface area contributed by atoms with Crippen LogP contribution in [0.2, 0.25) is 0 Å². The second-order valence-corrected chi connectivity index (χ2v) is 8.79. The highest BCUT2D eigenvalue weighted by molar-refractivity contribution is 7.19. The largest absolute Gasteiger partial charge is 0.474 e. The number of carbonyl (C=O) groups is 1. The lowest BCUT2D eigenvalue weighted by Crippen LogP contribution is -2.49. The first-order valence-corrected chi connectivity index (χ1v) is 10.1. The van der Waals surface area contributed by atoms with E-state index >= 15 is 0 Å². The summed E-state index contributed by atoms with van der Waals surface area (Å²) >= 11 is 1.68. The zero-order valence-electron chi connectivity index (χ0n) is 15.2. The summed E-state index contributed by atoms with van der Waals surface area (Å²) in [5, 5.41) is 21.8. The van der Waals surface area contributed by atoms with E-state index in [0.717, 1.165) is 48.7 Å². The fourth-order valence-electron chi connectivity index (χ4n) is 4.33. The summed E-state index contributed by atoms with van der Waals surface area (Å²) in [6.07, 6.45) is 6.09. The Morgan fingerprint density at radius 1 is 1.44 bits per heavy atom. The molecule has 4 rings (SSSR count). The first-order valence-electron chi connectivity index (χ1n) is 9.30. The molecule has 142 valence electrons. The Labute approximate surface area is 161 Å². The van der Waals surface area contributed by atoms with E-state index in [4.69, 9.17) is 15.1 Å². The highest BCUT2D eigenvalue weighted by Crippen LogP contribution is 2.47. The Morgan fingerprint density at radius 2 is 2.22 bits per heavy atom. The SMILES string of the molecule is CC1(NC(=O)O)CCC(Oc2ncnc3sc4c(c23)[C@@H](CC#N)CC4)CC1. The molecule has 0 aliphatic heterocycles. The lowest BCUT2D eigenvalue weighted by Gasteiger charge is -2.37. The second kappa shape index (κ2) is 6.97. The number of nitrogens with one attached hydrogen (secondary N) is 1. The minimum atomic E-state index is -0.980. The standard InChI is InChI=1S/C19H22N4O3S/c1-19(23-18(24)25)7-4-12(5-8-19)26-16-15-14-11(6-9-20)2-3-13(14)27-17(15)22-10-21-16/h10-12,23H,2-8H2,1H3,(H,24,25)/t11-,12?,19?/m1/s1. The van der Waals surface area contributed by atoms with Crippen LogP contribution in [-0.4, -0.2) is 32.8 Å². The summed E-state index contributed by atoms with van der Waals surface area (Å²) in [4.78, 5) is 22.0. The molecule has 2 aliphatic carbocycles. The molecule has 1 fully saturated rings. The first-order chi connectivity index (χ1) is 13.0. The molecule has 7 nitrogen and oxygen atoms in total. The maximum Gasteiger partial charge on any atom is 0.405 e. The number of nitriles is 1. The lowest BCUT2D eigenvalue weighted by atomic mass is 9.82. The molecule has 0 aromatic carbocycles. The molecule has 1 amide bonds. The Kier molecular flexibility index (Phi) is 4.64. The van der Waals surface area contributed by atoms with Gasteiger partial charge in [0.2, 0.25) is 5.88 Å². The van der Waals surface area contributed by atoms with E-state index in [1.807, 2.05) is 6.92 Å². The first kappa shape index (κ1) is 18.0. The molecule has 1 saturated carbocycles. The molecule has 8 heteroatoms. The van der Waals surface area contributed by atoms with Crippen molar-refractivity contribution in [3.8, 4) is 11.9 Å². The van der Waals surface area contributed by atoms with Crippen molar-refractivity contribution in [1.82, 2.24) is 15.3 Å². The summed E-state index contributed by atoms with van der Waals surface area (Å²) in [7, 11) is 0. The molecule has 2 N–H and O–H groups in total. The Balaban J connectivity index is 1.56. The number of aromatic nitrogens is 2. The van der Waals surface area contributed by atoms with Gasteiger partial charge in [0.25, 0.3) is 0 Å². The van der Waals surface area contributed by atoms with Gasteiger partial charge in [-0.25, -0.2) is 14.8 Å². The zero-order valence-corrected chi connectivity index (χ0v) is 16.0. The van der Waals surface area contributed by atoms with Gasteiger partial charge >= 0.3 is 6.09 Å². The molecule has 2 aromatic rings. The number of nitrogens with zero attached hydrogens (tertiary/aromatic N) is 3. The molecule has 2 aromatic heterocycles. The number of amides is 1. The minimum Gasteiger partial charge on any atom is -0.474 e. The van der Waals surface area contributed by atoms with Gasteiger partial charge < -0.3 is 15.2 Å². The summed E-state index contributed by atoms with van der Waals surface area (Å²) in [5.74, 6) is 0.851. The smallest absolute Gasteiger partial charge is 0.405 e. The third kappa shape index (κ3) is 3.44. The fourth-order valence-corrected chi connectivity index (χ4v) is 5.56. The number of carboxylic acid groups (broad SMARTS) is 1. The average molecular weight is 386 g/mol. The number of ether oxygens (including phenoxy) is 1. The van der Waals surface area contributed by atoms with Gasteiger partial charge in [-0.05, 0) is 56.9 Å². The van der Waals surface area contributed by atoms with Crippen LogP contribution in [0.3, 0.4) is 0 Å². The van der Waals surface area contributed by atoms with Crippen LogP contribution in [0.15, 0.2) is 6.33 Å². The Hall–Kier alpha value is -2.40. The third-order valence-corrected chi connectivity index (χ3v) is 6.93. The average Bonchev–Trinajstić information content (AvgIpc) is 3.17. The van der Waals surface area contributed by atoms with Crippen molar-refractivity contribution in [2.75, 3.05) is 0 Å². The lowest BCUT2D eigenvalue weighted by molar-refractivity contribution is 0.102. The van der Waals surface area contributed by atoms with Crippen molar-refractivity contribution in [2.24, 2.45) is 0 Å². The van der Waals surface area contributed by atoms with Crippen molar-refractivity contribution in [3.63, 3.8) is 0 Å². The van der Waals surface area contributed by atoms with Crippen LogP contribution in [0.5, 0.6) is 5.88 Å². The number of thiophene rings is 1. The number of hydrogen-bond acceptors (Lipinski definition) is 6. The predicted octanol–water partition coefficient (Wildman–Crippen LogP) is 3.98. The van der Waals surface area contributed by atoms with E-state index in [9.17, 15) is 4.79 Å². The monoisotopic (exact) mass is 386 g/mol. The van der Waals surface area contributed by atoms with Gasteiger partial charge in [0.15, 0.2) is 0 Å². The molecular formula is C19H22N4O3S. The van der Waals surface area contributed by atoms with E-state index < -0.39 is 11.6 Å². The van der Waals surface area contributed by atoms with Crippen LogP contribution in [-0.2, 0) is 6.42 Å². The van der Waals surface area contributed by atoms with Gasteiger partial charge in [0, 0.05) is 16.8 Å². The topological polar surface area (TPSA) is 108 Å². The minimum absolute atomic E-state index is 0.0122. The van der Waals surface area contributed by atoms with Gasteiger partial charge in [-0.15, -0.1) is 11.3 Å². The van der Waals surface area contributed by atoms with E-state index in [-0.39, 0.29) is 12.0 Å². The second-order valence-electron chi connectivity index (χ2n) is 7.70. The van der Waals surface area contributed by atoms with Crippen LogP contribution in [0.25, 0.3) is 10.2 Å². The van der Waals surface area contributed by atoms with Crippen molar-refractivity contribution in [2.45, 2.75) is 69.4 Å². The van der Waals surface area contributed by atoms with Crippen LogP contribution in [0.4, 0.5) is 4.79 Å². The summed E-state index contributed by atoms with van der Waals surface area (Å²) in [6.45, 7) is 1.94. The summed E-state index contributed by atoms with van der Waals surface area (Å²) in [5.41, 5.74) is 0.814. The molecule has 27 heavy (non-hydrogen) atoms. The van der Waals surface area contributed by atoms with E-state index in [1.165, 1.54) is 10.4 Å². The number of aryl methyl sites for hydroxylation is 1. The molecule has 0 saturated heterocycles. The fraction of sp³-hybridized carbons (Fsp3) is 0.579. The van der Waals surface area contributed by atoms with Crippen molar-refractivity contribution < 1.29 is 14.6 Å². The summed E-state index contributed by atoms with van der Waals surface area (Å²) < 4.78 is 6.27. The molecule has 2 heterocycles. The van der Waals surface area contributed by atoms with Gasteiger partial charge in [-0.1, -0.05) is 0 Å². The molecule has 0 radical (unpaired) electrons. The molecule has 0 unspecified atom stereocenters. The highest BCUT2D eigenvalue weighted by atomic mass is 32.1. The quantitative estimate of drug-likeness (QED) is 0.823. The van der Waals surface area contributed by atoms with Crippen LogP contribution < -0.4 is 10.1 Å². The van der Waals surface area contributed by atoms with Gasteiger partial charge in [-0.2, -0.15) is 5.26 Å². The Bertz CT molecular complexity index is 912. The predicted molar refractivity (Wildman–Crippen MR) is 101 cm³/mol. The molecular weight excluding hydrogens is 364 g/mol. The van der Waals surface area contributed by atoms with Crippen LogP contribution in [0.1, 0.15) is 61.8 Å². The number of hydrogen-bond donors (Lipinski definition) is 2. The molecule has 0 bridgehead atoms. The van der Waals surface area contributed by atoms with Crippen LogP contribution in [0, 0.1) is 11.3 Å². The van der Waals surface area contributed by atoms with E-state index in [2.05, 4.69) is 21.4 Å². The third-order valence-electron chi connectivity index (χ3n) is 5.76. The van der Waals surface area contributed by atoms with Crippen molar-refractivity contribution >= 4 is 27.6 Å². The highest BCUT2D eigenvalue weighted by Gasteiger charge is 2.35. The molecule has 2 aliphatic rings. The normalized spacial score (nSPS) is 27.1. The maximum atomic E-state index is 11.0. The maximum absolute atomic E-state index is 11.0. The number of rotatable bonds is 4. The van der Waals surface area contributed by atoms with Gasteiger partial charge in [0.1, 0.15) is 17.3 Å². The van der Waals surface area contributed by atoms with E-state index in [1.54, 1.807) is 17.7 Å². The van der Waals surface area contributed by atoms with E-state index in [0.29, 0.717) is 12.3 Å².